The van der Waals surface area contributed by atoms with E-state index in [4.69, 9.17) is 4.74 Å². The van der Waals surface area contributed by atoms with E-state index in [9.17, 15) is 9.90 Å². The molecule has 0 aliphatic carbocycles. The van der Waals surface area contributed by atoms with Crippen molar-refractivity contribution in [3.05, 3.63) is 35.4 Å². The quantitative estimate of drug-likeness (QED) is 0.887. The second-order valence-corrected chi connectivity index (χ2v) is 7.56. The Morgan fingerprint density at radius 2 is 2.21 bits per heavy atom. The molecule has 0 aromatic heterocycles. The van der Waals surface area contributed by atoms with Gasteiger partial charge in [-0.15, -0.1) is 0 Å². The molecule has 0 saturated carbocycles. The molecular weight excluding hydrogens is 304 g/mol. The summed E-state index contributed by atoms with van der Waals surface area (Å²) in [7, 11) is 0. The lowest BCUT2D eigenvalue weighted by Gasteiger charge is -2.35. The highest BCUT2D eigenvalue weighted by Gasteiger charge is 2.28. The first-order valence-corrected chi connectivity index (χ1v) is 8.72. The van der Waals surface area contributed by atoms with E-state index in [0.717, 1.165) is 30.5 Å². The molecule has 0 radical (unpaired) electrons. The van der Waals surface area contributed by atoms with Gasteiger partial charge in [-0.05, 0) is 51.7 Å². The van der Waals surface area contributed by atoms with Crippen LogP contribution in [0.2, 0.25) is 0 Å². The second kappa shape index (κ2) is 7.99. The molecule has 1 amide bonds. The summed E-state index contributed by atoms with van der Waals surface area (Å²) in [4.78, 5) is 14.0. The van der Waals surface area contributed by atoms with Crippen molar-refractivity contribution in [2.24, 2.45) is 0 Å². The summed E-state index contributed by atoms with van der Waals surface area (Å²) < 4.78 is 5.48. The Morgan fingerprint density at radius 1 is 1.46 bits per heavy atom. The molecule has 1 saturated heterocycles. The number of ether oxygens (including phenoxy) is 1. The molecule has 1 aromatic rings. The number of aliphatic hydroxyl groups excluding tert-OH is 1. The van der Waals surface area contributed by atoms with Crippen molar-refractivity contribution in [1.29, 1.82) is 0 Å². The van der Waals surface area contributed by atoms with E-state index in [1.54, 1.807) is 4.90 Å². The number of hydrogen-bond donors (Lipinski definition) is 2. The van der Waals surface area contributed by atoms with E-state index in [-0.39, 0.29) is 24.8 Å². The number of likely N-dealkylation sites (tertiary alicyclic amines) is 1. The minimum atomic E-state index is -0.463. The van der Waals surface area contributed by atoms with Crippen LogP contribution in [0.1, 0.15) is 57.7 Å². The Kier molecular flexibility index (Phi) is 6.24. The fourth-order valence-electron chi connectivity index (χ4n) is 3.02. The fraction of sp³-hybridized carbons (Fsp3) is 0.632. The molecule has 5 heteroatoms. The van der Waals surface area contributed by atoms with Gasteiger partial charge in [0.05, 0.1) is 6.61 Å². The van der Waals surface area contributed by atoms with Crippen LogP contribution >= 0.6 is 0 Å². The number of rotatable bonds is 4. The average molecular weight is 334 g/mol. The van der Waals surface area contributed by atoms with Crippen molar-refractivity contribution in [3.8, 4) is 0 Å². The number of amides is 1. The number of carbonyl (C=O) groups excluding carboxylic acids is 1. The zero-order chi connectivity index (χ0) is 17.7. The molecule has 24 heavy (non-hydrogen) atoms. The van der Waals surface area contributed by atoms with Gasteiger partial charge in [-0.2, -0.15) is 0 Å². The lowest BCUT2D eigenvalue weighted by atomic mass is 10.0. The number of aliphatic hydroxyl groups is 1. The lowest BCUT2D eigenvalue weighted by molar-refractivity contribution is 0.0184. The van der Waals surface area contributed by atoms with Gasteiger partial charge in [0.15, 0.2) is 0 Å². The number of carbonyl (C=O) groups is 1. The van der Waals surface area contributed by atoms with Crippen molar-refractivity contribution in [2.75, 3.05) is 13.1 Å². The maximum absolute atomic E-state index is 12.2. The molecule has 0 spiro atoms. The van der Waals surface area contributed by atoms with E-state index in [1.165, 1.54) is 0 Å². The summed E-state index contributed by atoms with van der Waals surface area (Å²) in [5.41, 5.74) is 1.60. The van der Waals surface area contributed by atoms with E-state index >= 15 is 0 Å². The molecule has 1 aromatic carbocycles. The van der Waals surface area contributed by atoms with Gasteiger partial charge >= 0.3 is 6.09 Å². The van der Waals surface area contributed by atoms with Crippen LogP contribution in [0.25, 0.3) is 0 Å². The summed E-state index contributed by atoms with van der Waals surface area (Å²) in [6.07, 6.45) is 1.79. The first-order valence-electron chi connectivity index (χ1n) is 8.72. The van der Waals surface area contributed by atoms with Crippen LogP contribution in [0.5, 0.6) is 0 Å². The zero-order valence-electron chi connectivity index (χ0n) is 15.2. The summed E-state index contributed by atoms with van der Waals surface area (Å²) in [6.45, 7) is 9.25. The van der Waals surface area contributed by atoms with E-state index < -0.39 is 5.60 Å². The van der Waals surface area contributed by atoms with Gasteiger partial charge < -0.3 is 20.1 Å². The number of nitrogens with one attached hydrogen (secondary N) is 1. The van der Waals surface area contributed by atoms with Gasteiger partial charge in [-0.25, -0.2) is 4.79 Å². The SMILES string of the molecule is CC(NC1CCCN(C(=O)OC(C)(C)C)C1)c1cccc(CO)c1. The normalized spacial score (nSPS) is 19.9. The topological polar surface area (TPSA) is 61.8 Å². The summed E-state index contributed by atoms with van der Waals surface area (Å²) in [5, 5.41) is 12.9. The van der Waals surface area contributed by atoms with Crippen LogP contribution in [0.15, 0.2) is 24.3 Å². The predicted molar refractivity (Wildman–Crippen MR) is 94.7 cm³/mol. The first kappa shape index (κ1) is 18.7. The molecule has 1 aliphatic rings. The Bertz CT molecular complexity index is 554. The van der Waals surface area contributed by atoms with Crippen molar-refractivity contribution < 1.29 is 14.6 Å². The zero-order valence-corrected chi connectivity index (χ0v) is 15.2. The average Bonchev–Trinajstić information content (AvgIpc) is 2.53. The summed E-state index contributed by atoms with van der Waals surface area (Å²) in [6, 6.07) is 8.38. The summed E-state index contributed by atoms with van der Waals surface area (Å²) >= 11 is 0. The highest BCUT2D eigenvalue weighted by Crippen LogP contribution is 2.20. The van der Waals surface area contributed by atoms with Gasteiger partial charge in [0.25, 0.3) is 0 Å². The molecule has 1 fully saturated rings. The van der Waals surface area contributed by atoms with Gasteiger partial charge in [-0.3, -0.25) is 0 Å². The third kappa shape index (κ3) is 5.49. The minimum absolute atomic E-state index is 0.0520. The molecule has 2 unspecified atom stereocenters. The molecule has 1 aliphatic heterocycles. The molecule has 5 nitrogen and oxygen atoms in total. The van der Waals surface area contributed by atoms with Gasteiger partial charge in [0.2, 0.25) is 0 Å². The van der Waals surface area contributed by atoms with Crippen LogP contribution in [-0.4, -0.2) is 40.8 Å². The van der Waals surface area contributed by atoms with Gasteiger partial charge in [0.1, 0.15) is 5.60 Å². The lowest BCUT2D eigenvalue weighted by Crippen LogP contribution is -2.49. The molecule has 2 N–H and O–H groups in total. The van der Waals surface area contributed by atoms with Crippen LogP contribution < -0.4 is 5.32 Å². The number of hydrogen-bond acceptors (Lipinski definition) is 4. The summed E-state index contributed by atoms with van der Waals surface area (Å²) in [5.74, 6) is 0. The Hall–Kier alpha value is -1.59. The van der Waals surface area contributed by atoms with Crippen LogP contribution in [0, 0.1) is 0 Å². The van der Waals surface area contributed by atoms with E-state index in [2.05, 4.69) is 18.3 Å². The van der Waals surface area contributed by atoms with Gasteiger partial charge in [-0.1, -0.05) is 24.3 Å². The van der Waals surface area contributed by atoms with Crippen molar-refractivity contribution in [2.45, 2.75) is 64.8 Å². The Balaban J connectivity index is 1.93. The maximum atomic E-state index is 12.2. The smallest absolute Gasteiger partial charge is 0.410 e. The number of nitrogens with zero attached hydrogens (tertiary/aromatic N) is 1. The van der Waals surface area contributed by atoms with E-state index in [1.807, 2.05) is 39.0 Å². The Morgan fingerprint density at radius 3 is 2.88 bits per heavy atom. The molecule has 1 heterocycles. The third-order valence-corrected chi connectivity index (χ3v) is 4.19. The number of benzene rings is 1. The molecule has 2 rings (SSSR count). The van der Waals surface area contributed by atoms with Crippen LogP contribution in [0.4, 0.5) is 4.79 Å². The Labute approximate surface area is 145 Å². The van der Waals surface area contributed by atoms with Crippen molar-refractivity contribution in [1.82, 2.24) is 10.2 Å². The molecule has 0 bridgehead atoms. The second-order valence-electron chi connectivity index (χ2n) is 7.56. The maximum Gasteiger partial charge on any atom is 0.410 e. The van der Waals surface area contributed by atoms with Gasteiger partial charge in [0, 0.05) is 25.2 Å². The largest absolute Gasteiger partial charge is 0.444 e. The predicted octanol–water partition coefficient (Wildman–Crippen LogP) is 3.23. The monoisotopic (exact) mass is 334 g/mol. The van der Waals surface area contributed by atoms with E-state index in [0.29, 0.717) is 6.54 Å². The highest BCUT2D eigenvalue weighted by atomic mass is 16.6. The fourth-order valence-corrected chi connectivity index (χ4v) is 3.02. The van der Waals surface area contributed by atoms with Crippen LogP contribution in [-0.2, 0) is 11.3 Å². The molecule has 2 atom stereocenters. The molecule has 134 valence electrons. The number of piperidine rings is 1. The molecular formula is C19H30N2O3. The van der Waals surface area contributed by atoms with Crippen molar-refractivity contribution >= 4 is 6.09 Å². The minimum Gasteiger partial charge on any atom is -0.444 e. The first-order chi connectivity index (χ1) is 11.3. The van der Waals surface area contributed by atoms with Crippen molar-refractivity contribution in [3.63, 3.8) is 0 Å². The third-order valence-electron chi connectivity index (χ3n) is 4.19. The highest BCUT2D eigenvalue weighted by molar-refractivity contribution is 5.68. The standard InChI is InChI=1S/C19H30N2O3/c1-14(16-8-5-7-15(11-16)13-22)20-17-9-6-10-21(12-17)18(23)24-19(2,3)4/h5,7-8,11,14,17,20,22H,6,9-10,12-13H2,1-4H3. The van der Waals surface area contributed by atoms with Crippen LogP contribution in [0.3, 0.4) is 0 Å².